The highest BCUT2D eigenvalue weighted by Gasteiger charge is 2.37. The summed E-state index contributed by atoms with van der Waals surface area (Å²) in [6.07, 6.45) is 3.30. The lowest BCUT2D eigenvalue weighted by molar-refractivity contribution is -0.137. The number of carbonyl (C=O) groups excluding carboxylic acids is 1. The number of nitrogens with one attached hydrogen (secondary N) is 2. The first-order valence-corrected chi connectivity index (χ1v) is 6.72. The van der Waals surface area contributed by atoms with E-state index in [0.717, 1.165) is 19.3 Å². The second kappa shape index (κ2) is 6.61. The zero-order chi connectivity index (χ0) is 13.7. The molecule has 1 saturated carbocycles. The summed E-state index contributed by atoms with van der Waals surface area (Å²) in [7, 11) is 0. The lowest BCUT2D eigenvalue weighted by atomic mass is 10.0. The molecule has 0 heterocycles. The molecule has 0 spiro atoms. The standard InChI is InChI=1S/C13H24N2O3/c1-4-5-9-6-11(9)15-13(18)14-10(8(2)3)7-12(16)17/h8-11H,4-7H2,1-3H3,(H,16,17)(H2,14,15,18). The number of carbonyl (C=O) groups is 2. The van der Waals surface area contributed by atoms with Crippen LogP contribution in [-0.2, 0) is 4.79 Å². The number of aliphatic carboxylic acids is 1. The van der Waals surface area contributed by atoms with Crippen LogP contribution in [0.4, 0.5) is 4.79 Å². The number of hydrogen-bond acceptors (Lipinski definition) is 2. The number of urea groups is 1. The summed E-state index contributed by atoms with van der Waals surface area (Å²) in [5.41, 5.74) is 0. The first kappa shape index (κ1) is 14.8. The summed E-state index contributed by atoms with van der Waals surface area (Å²) in [6.45, 7) is 5.95. The number of carboxylic acids is 1. The molecule has 18 heavy (non-hydrogen) atoms. The van der Waals surface area contributed by atoms with Gasteiger partial charge in [0.15, 0.2) is 0 Å². The maximum absolute atomic E-state index is 11.7. The second-order valence-corrected chi connectivity index (χ2v) is 5.46. The van der Waals surface area contributed by atoms with Gasteiger partial charge in [-0.1, -0.05) is 27.2 Å². The molecule has 5 nitrogen and oxygen atoms in total. The minimum Gasteiger partial charge on any atom is -0.481 e. The molecule has 0 saturated heterocycles. The Bertz CT molecular complexity index is 305. The Labute approximate surface area is 108 Å². The molecule has 0 bridgehead atoms. The van der Waals surface area contributed by atoms with Crippen molar-refractivity contribution in [2.75, 3.05) is 0 Å². The van der Waals surface area contributed by atoms with Gasteiger partial charge in [0.1, 0.15) is 0 Å². The first-order valence-electron chi connectivity index (χ1n) is 6.72. The number of hydrogen-bond donors (Lipinski definition) is 3. The van der Waals surface area contributed by atoms with Crippen LogP contribution in [0.1, 0.15) is 46.5 Å². The molecule has 2 amide bonds. The maximum atomic E-state index is 11.7. The van der Waals surface area contributed by atoms with Gasteiger partial charge in [-0.25, -0.2) is 4.79 Å². The average Bonchev–Trinajstić information content (AvgIpc) is 2.95. The molecule has 0 aromatic rings. The van der Waals surface area contributed by atoms with E-state index >= 15 is 0 Å². The summed E-state index contributed by atoms with van der Waals surface area (Å²) in [6, 6.07) is -0.271. The molecule has 1 fully saturated rings. The predicted molar refractivity (Wildman–Crippen MR) is 69.3 cm³/mol. The molecule has 1 aliphatic carbocycles. The van der Waals surface area contributed by atoms with Crippen molar-refractivity contribution >= 4 is 12.0 Å². The normalized spacial score (nSPS) is 23.6. The van der Waals surface area contributed by atoms with Crippen LogP contribution in [-0.4, -0.2) is 29.2 Å². The summed E-state index contributed by atoms with van der Waals surface area (Å²) < 4.78 is 0. The topological polar surface area (TPSA) is 78.4 Å². The van der Waals surface area contributed by atoms with Crippen LogP contribution >= 0.6 is 0 Å². The van der Waals surface area contributed by atoms with E-state index in [9.17, 15) is 9.59 Å². The van der Waals surface area contributed by atoms with Gasteiger partial charge in [-0.3, -0.25) is 4.79 Å². The van der Waals surface area contributed by atoms with Gasteiger partial charge in [0.05, 0.1) is 6.42 Å². The summed E-state index contributed by atoms with van der Waals surface area (Å²) in [5, 5.41) is 14.4. The molecule has 3 N–H and O–H groups in total. The van der Waals surface area contributed by atoms with Crippen LogP contribution in [0.2, 0.25) is 0 Å². The van der Waals surface area contributed by atoms with Crippen LogP contribution in [0.3, 0.4) is 0 Å². The minimum atomic E-state index is -0.885. The van der Waals surface area contributed by atoms with Gasteiger partial charge in [-0.15, -0.1) is 0 Å². The van der Waals surface area contributed by atoms with Crippen molar-refractivity contribution in [2.45, 2.75) is 58.5 Å². The van der Waals surface area contributed by atoms with Gasteiger partial charge >= 0.3 is 12.0 Å². The Morgan fingerprint density at radius 1 is 1.39 bits per heavy atom. The fraction of sp³-hybridized carbons (Fsp3) is 0.846. The van der Waals surface area contributed by atoms with Crippen molar-refractivity contribution in [2.24, 2.45) is 11.8 Å². The van der Waals surface area contributed by atoms with E-state index < -0.39 is 5.97 Å². The van der Waals surface area contributed by atoms with Crippen molar-refractivity contribution in [1.82, 2.24) is 10.6 Å². The molecule has 1 rings (SSSR count). The van der Waals surface area contributed by atoms with Crippen LogP contribution < -0.4 is 10.6 Å². The average molecular weight is 256 g/mol. The maximum Gasteiger partial charge on any atom is 0.315 e. The molecule has 1 aliphatic rings. The molecule has 0 radical (unpaired) electrons. The van der Waals surface area contributed by atoms with E-state index in [4.69, 9.17) is 5.11 Å². The Morgan fingerprint density at radius 3 is 2.56 bits per heavy atom. The zero-order valence-corrected chi connectivity index (χ0v) is 11.4. The molecule has 3 unspecified atom stereocenters. The molecule has 0 aliphatic heterocycles. The highest BCUT2D eigenvalue weighted by molar-refractivity contribution is 5.76. The van der Waals surface area contributed by atoms with Gasteiger partial charge < -0.3 is 15.7 Å². The highest BCUT2D eigenvalue weighted by Crippen LogP contribution is 2.34. The molecule has 104 valence electrons. The summed E-state index contributed by atoms with van der Waals surface area (Å²) in [4.78, 5) is 22.4. The summed E-state index contributed by atoms with van der Waals surface area (Å²) >= 11 is 0. The van der Waals surface area contributed by atoms with E-state index in [1.165, 1.54) is 0 Å². The lowest BCUT2D eigenvalue weighted by Gasteiger charge is -2.20. The summed E-state index contributed by atoms with van der Waals surface area (Å²) in [5.74, 6) is -0.167. The van der Waals surface area contributed by atoms with Crippen LogP contribution in [0.5, 0.6) is 0 Å². The quantitative estimate of drug-likeness (QED) is 0.651. The fourth-order valence-corrected chi connectivity index (χ4v) is 2.13. The largest absolute Gasteiger partial charge is 0.481 e. The first-order chi connectivity index (χ1) is 8.43. The molecular formula is C13H24N2O3. The van der Waals surface area contributed by atoms with Gasteiger partial charge in [-0.05, 0) is 24.7 Å². The van der Waals surface area contributed by atoms with Crippen molar-refractivity contribution in [3.8, 4) is 0 Å². The Morgan fingerprint density at radius 2 is 2.06 bits per heavy atom. The molecule has 3 atom stereocenters. The van der Waals surface area contributed by atoms with E-state index in [0.29, 0.717) is 5.92 Å². The van der Waals surface area contributed by atoms with Crippen LogP contribution in [0.25, 0.3) is 0 Å². The number of carboxylic acid groups (broad SMARTS) is 1. The Hall–Kier alpha value is -1.26. The van der Waals surface area contributed by atoms with Crippen molar-refractivity contribution < 1.29 is 14.7 Å². The minimum absolute atomic E-state index is 0.0336. The molecule has 5 heteroatoms. The monoisotopic (exact) mass is 256 g/mol. The van der Waals surface area contributed by atoms with Crippen molar-refractivity contribution in [1.29, 1.82) is 0 Å². The van der Waals surface area contributed by atoms with E-state index in [2.05, 4.69) is 17.6 Å². The van der Waals surface area contributed by atoms with Crippen LogP contribution in [0, 0.1) is 11.8 Å². The third kappa shape index (κ3) is 4.94. The van der Waals surface area contributed by atoms with Crippen molar-refractivity contribution in [3.05, 3.63) is 0 Å². The van der Waals surface area contributed by atoms with Gasteiger partial charge in [0.25, 0.3) is 0 Å². The third-order valence-electron chi connectivity index (χ3n) is 3.41. The SMILES string of the molecule is CCCC1CC1NC(=O)NC(CC(=O)O)C(C)C. The van der Waals surface area contributed by atoms with Crippen LogP contribution in [0.15, 0.2) is 0 Å². The van der Waals surface area contributed by atoms with E-state index in [1.807, 2.05) is 13.8 Å². The van der Waals surface area contributed by atoms with Gasteiger partial charge in [-0.2, -0.15) is 0 Å². The fourth-order valence-electron chi connectivity index (χ4n) is 2.13. The highest BCUT2D eigenvalue weighted by atomic mass is 16.4. The van der Waals surface area contributed by atoms with E-state index in [1.54, 1.807) is 0 Å². The van der Waals surface area contributed by atoms with Gasteiger partial charge in [0, 0.05) is 12.1 Å². The van der Waals surface area contributed by atoms with Crippen molar-refractivity contribution in [3.63, 3.8) is 0 Å². The van der Waals surface area contributed by atoms with Gasteiger partial charge in [0.2, 0.25) is 0 Å². The predicted octanol–water partition coefficient (Wildman–Crippen LogP) is 1.97. The Balaban J connectivity index is 2.31. The number of amides is 2. The molecular weight excluding hydrogens is 232 g/mol. The number of rotatable bonds is 7. The smallest absolute Gasteiger partial charge is 0.315 e. The molecule has 0 aromatic heterocycles. The Kier molecular flexibility index (Phi) is 5.44. The third-order valence-corrected chi connectivity index (χ3v) is 3.41. The molecule has 0 aromatic carbocycles. The second-order valence-electron chi connectivity index (χ2n) is 5.46. The lowest BCUT2D eigenvalue weighted by Crippen LogP contribution is -2.46. The van der Waals surface area contributed by atoms with E-state index in [-0.39, 0.29) is 30.5 Å². The zero-order valence-electron chi connectivity index (χ0n) is 11.4.